The molecule has 0 radical (unpaired) electrons. The minimum Gasteiger partial charge on any atom is -0.393 e. The number of aliphatic hydroxyl groups is 1. The maximum atomic E-state index is 12.4. The summed E-state index contributed by atoms with van der Waals surface area (Å²) in [5.41, 5.74) is -0.888. The summed E-state index contributed by atoms with van der Waals surface area (Å²) in [5.74, 6) is -0.0739. The standard InChI is InChI=1S/C12H18N2O3/c13-9-12(3-7-17-8-4-12)11(16)14-5-1-10(15)2-6-14/h10,15H,1-8H2. The van der Waals surface area contributed by atoms with Gasteiger partial charge in [-0.25, -0.2) is 0 Å². The first-order valence-electron chi connectivity index (χ1n) is 6.14. The highest BCUT2D eigenvalue weighted by Crippen LogP contribution is 2.32. The Balaban J connectivity index is 2.04. The second kappa shape index (κ2) is 5.03. The summed E-state index contributed by atoms with van der Waals surface area (Å²) < 4.78 is 5.22. The van der Waals surface area contributed by atoms with Crippen molar-refractivity contribution in [3.8, 4) is 6.07 Å². The second-order valence-electron chi connectivity index (χ2n) is 4.83. The smallest absolute Gasteiger partial charge is 0.243 e. The molecule has 1 N–H and O–H groups in total. The van der Waals surface area contributed by atoms with Crippen LogP contribution in [0.1, 0.15) is 25.7 Å². The number of carbonyl (C=O) groups excluding carboxylic acids is 1. The first kappa shape index (κ1) is 12.3. The van der Waals surface area contributed by atoms with Crippen LogP contribution in [-0.2, 0) is 9.53 Å². The fraction of sp³-hybridized carbons (Fsp3) is 0.833. The van der Waals surface area contributed by atoms with Gasteiger partial charge >= 0.3 is 0 Å². The highest BCUT2D eigenvalue weighted by atomic mass is 16.5. The summed E-state index contributed by atoms with van der Waals surface area (Å²) in [6.45, 7) is 2.08. The lowest BCUT2D eigenvalue weighted by atomic mass is 9.80. The Kier molecular flexibility index (Phi) is 3.65. The Morgan fingerprint density at radius 3 is 2.47 bits per heavy atom. The molecule has 0 atom stereocenters. The van der Waals surface area contributed by atoms with Gasteiger partial charge in [-0.2, -0.15) is 5.26 Å². The van der Waals surface area contributed by atoms with Crippen LogP contribution in [0.3, 0.4) is 0 Å². The highest BCUT2D eigenvalue weighted by Gasteiger charge is 2.43. The van der Waals surface area contributed by atoms with E-state index in [1.807, 2.05) is 0 Å². The largest absolute Gasteiger partial charge is 0.393 e. The highest BCUT2D eigenvalue weighted by molar-refractivity contribution is 5.85. The Labute approximate surface area is 101 Å². The lowest BCUT2D eigenvalue weighted by Crippen LogP contribution is -2.49. The van der Waals surface area contributed by atoms with Gasteiger partial charge < -0.3 is 14.7 Å². The van der Waals surface area contributed by atoms with Gasteiger partial charge in [0.2, 0.25) is 5.91 Å². The van der Waals surface area contributed by atoms with E-state index in [1.54, 1.807) is 4.90 Å². The summed E-state index contributed by atoms with van der Waals surface area (Å²) in [4.78, 5) is 14.1. The molecule has 0 unspecified atom stereocenters. The topological polar surface area (TPSA) is 73.6 Å². The number of likely N-dealkylation sites (tertiary alicyclic amines) is 1. The van der Waals surface area contributed by atoms with E-state index in [0.29, 0.717) is 52.0 Å². The molecule has 0 aliphatic carbocycles. The number of rotatable bonds is 1. The fourth-order valence-electron chi connectivity index (χ4n) is 2.46. The lowest BCUT2D eigenvalue weighted by molar-refractivity contribution is -0.145. The van der Waals surface area contributed by atoms with Crippen LogP contribution in [0.5, 0.6) is 0 Å². The minimum atomic E-state index is -0.888. The summed E-state index contributed by atoms with van der Waals surface area (Å²) in [6, 6.07) is 2.19. The van der Waals surface area contributed by atoms with Crippen molar-refractivity contribution in [3.05, 3.63) is 0 Å². The third-order valence-electron chi connectivity index (χ3n) is 3.72. The van der Waals surface area contributed by atoms with Crippen LogP contribution >= 0.6 is 0 Å². The number of piperidine rings is 1. The van der Waals surface area contributed by atoms with Gasteiger partial charge in [-0.15, -0.1) is 0 Å². The summed E-state index contributed by atoms with van der Waals surface area (Å²) in [5, 5.41) is 18.7. The number of nitrogens with zero attached hydrogens (tertiary/aromatic N) is 2. The molecule has 0 aromatic carbocycles. The fourth-order valence-corrected chi connectivity index (χ4v) is 2.46. The van der Waals surface area contributed by atoms with E-state index in [2.05, 4.69) is 6.07 Å². The van der Waals surface area contributed by atoms with E-state index in [-0.39, 0.29) is 12.0 Å². The first-order chi connectivity index (χ1) is 8.18. The molecular weight excluding hydrogens is 220 g/mol. The minimum absolute atomic E-state index is 0.0739. The van der Waals surface area contributed by atoms with Crippen LogP contribution in [0, 0.1) is 16.7 Å². The molecule has 1 amide bonds. The molecule has 2 rings (SSSR count). The predicted molar refractivity (Wildman–Crippen MR) is 59.9 cm³/mol. The average Bonchev–Trinajstić information content (AvgIpc) is 2.39. The molecule has 0 aromatic rings. The zero-order valence-electron chi connectivity index (χ0n) is 9.89. The van der Waals surface area contributed by atoms with Crippen molar-refractivity contribution >= 4 is 5.91 Å². The van der Waals surface area contributed by atoms with Gasteiger partial charge in [-0.05, 0) is 25.7 Å². The van der Waals surface area contributed by atoms with Crippen LogP contribution in [0.4, 0.5) is 0 Å². The molecule has 94 valence electrons. The molecule has 2 aliphatic rings. The van der Waals surface area contributed by atoms with Crippen molar-refractivity contribution in [1.82, 2.24) is 4.90 Å². The van der Waals surface area contributed by atoms with Crippen LogP contribution < -0.4 is 0 Å². The lowest BCUT2D eigenvalue weighted by Gasteiger charge is -2.37. The van der Waals surface area contributed by atoms with E-state index in [4.69, 9.17) is 4.74 Å². The van der Waals surface area contributed by atoms with E-state index in [9.17, 15) is 15.2 Å². The monoisotopic (exact) mass is 238 g/mol. The van der Waals surface area contributed by atoms with E-state index in [0.717, 1.165) is 0 Å². The SMILES string of the molecule is N#CC1(C(=O)N2CCC(O)CC2)CCOCC1. The molecule has 0 saturated carbocycles. The third kappa shape index (κ3) is 2.43. The first-order valence-corrected chi connectivity index (χ1v) is 6.14. The van der Waals surface area contributed by atoms with Crippen LogP contribution in [-0.4, -0.2) is 48.3 Å². The zero-order valence-corrected chi connectivity index (χ0v) is 9.89. The Bertz CT molecular complexity index is 323. The maximum absolute atomic E-state index is 12.4. The normalized spacial score (nSPS) is 25.3. The van der Waals surface area contributed by atoms with Gasteiger partial charge in [0.25, 0.3) is 0 Å². The van der Waals surface area contributed by atoms with Crippen LogP contribution in [0.2, 0.25) is 0 Å². The quantitative estimate of drug-likeness (QED) is 0.712. The van der Waals surface area contributed by atoms with Gasteiger partial charge in [0.15, 0.2) is 0 Å². The van der Waals surface area contributed by atoms with Gasteiger partial charge in [-0.3, -0.25) is 4.79 Å². The molecule has 17 heavy (non-hydrogen) atoms. The van der Waals surface area contributed by atoms with Crippen molar-refractivity contribution in [1.29, 1.82) is 5.26 Å². The Morgan fingerprint density at radius 1 is 1.35 bits per heavy atom. The number of aliphatic hydroxyl groups excluding tert-OH is 1. The molecule has 2 fully saturated rings. The molecule has 5 heteroatoms. The van der Waals surface area contributed by atoms with E-state index >= 15 is 0 Å². The molecule has 2 aliphatic heterocycles. The number of hydrogen-bond acceptors (Lipinski definition) is 4. The maximum Gasteiger partial charge on any atom is 0.243 e. The molecular formula is C12H18N2O3. The van der Waals surface area contributed by atoms with Gasteiger partial charge in [0.1, 0.15) is 5.41 Å². The average molecular weight is 238 g/mol. The van der Waals surface area contributed by atoms with Crippen LogP contribution in [0.15, 0.2) is 0 Å². The van der Waals surface area contributed by atoms with E-state index < -0.39 is 5.41 Å². The second-order valence-corrected chi connectivity index (χ2v) is 4.83. The summed E-state index contributed by atoms with van der Waals surface area (Å²) in [6.07, 6.45) is 1.91. The predicted octanol–water partition coefficient (Wildman–Crippen LogP) is 0.290. The Morgan fingerprint density at radius 2 is 1.94 bits per heavy atom. The molecule has 5 nitrogen and oxygen atoms in total. The zero-order chi connectivity index (χ0) is 12.3. The van der Waals surface area contributed by atoms with Gasteiger partial charge in [-0.1, -0.05) is 0 Å². The molecule has 2 heterocycles. The molecule has 2 saturated heterocycles. The van der Waals surface area contributed by atoms with E-state index in [1.165, 1.54) is 0 Å². The summed E-state index contributed by atoms with van der Waals surface area (Å²) in [7, 11) is 0. The molecule has 0 bridgehead atoms. The van der Waals surface area contributed by atoms with Crippen molar-refractivity contribution in [2.45, 2.75) is 31.8 Å². The molecule has 0 spiro atoms. The number of amides is 1. The van der Waals surface area contributed by atoms with Crippen molar-refractivity contribution < 1.29 is 14.6 Å². The number of ether oxygens (including phenoxy) is 1. The number of hydrogen-bond donors (Lipinski definition) is 1. The van der Waals surface area contributed by atoms with Crippen LogP contribution in [0.25, 0.3) is 0 Å². The summed E-state index contributed by atoms with van der Waals surface area (Å²) >= 11 is 0. The number of nitriles is 1. The van der Waals surface area contributed by atoms with Crippen molar-refractivity contribution in [2.75, 3.05) is 26.3 Å². The van der Waals surface area contributed by atoms with Gasteiger partial charge in [0.05, 0.1) is 12.2 Å². The Hall–Kier alpha value is -1.12. The number of carbonyl (C=O) groups is 1. The van der Waals surface area contributed by atoms with Gasteiger partial charge in [0, 0.05) is 26.3 Å². The molecule has 0 aromatic heterocycles. The van der Waals surface area contributed by atoms with Crippen molar-refractivity contribution in [3.63, 3.8) is 0 Å². The van der Waals surface area contributed by atoms with Crippen molar-refractivity contribution in [2.24, 2.45) is 5.41 Å². The third-order valence-corrected chi connectivity index (χ3v) is 3.72.